The molecule has 36 heavy (non-hydrogen) atoms. The van der Waals surface area contributed by atoms with Gasteiger partial charge in [0.2, 0.25) is 0 Å². The molecule has 3 unspecified atom stereocenters. The molecule has 0 spiro atoms. The largest absolute Gasteiger partial charge is 1.00 e. The van der Waals surface area contributed by atoms with Crippen LogP contribution in [0, 0.1) is 5.92 Å². The smallest absolute Gasteiger partial charge is 0.174 e. The van der Waals surface area contributed by atoms with Crippen molar-refractivity contribution in [2.45, 2.75) is 18.4 Å². The molecule has 3 atom stereocenters. The monoisotopic (exact) mass is 540 g/mol. The Labute approximate surface area is 226 Å². The highest BCUT2D eigenvalue weighted by atomic mass is 35.5. The lowest BCUT2D eigenvalue weighted by Gasteiger charge is -2.42. The van der Waals surface area contributed by atoms with Crippen LogP contribution in [0.2, 0.25) is 0 Å². The zero-order valence-electron chi connectivity index (χ0n) is 21.1. The predicted molar refractivity (Wildman–Crippen MR) is 129 cm³/mol. The number of Topliss-reactive ketones (excluding diaryl/α,β-unsaturated/α-hetero) is 1. The van der Waals surface area contributed by atoms with Gasteiger partial charge in [-0.1, -0.05) is 24.3 Å². The summed E-state index contributed by atoms with van der Waals surface area (Å²) in [7, 11) is 3.21. The molecule has 0 bridgehead atoms. The van der Waals surface area contributed by atoms with Crippen LogP contribution in [0.4, 0.5) is 0 Å². The van der Waals surface area contributed by atoms with Crippen molar-refractivity contribution in [3.05, 3.63) is 59.7 Å². The van der Waals surface area contributed by atoms with Crippen LogP contribution in [0.5, 0.6) is 11.5 Å². The van der Waals surface area contributed by atoms with Gasteiger partial charge in [-0.2, -0.15) is 0 Å². The Morgan fingerprint density at radius 3 is 2.31 bits per heavy atom. The number of quaternary nitrogens is 2. The maximum atomic E-state index is 13.8. The van der Waals surface area contributed by atoms with E-state index in [0.717, 1.165) is 57.9 Å². The second kappa shape index (κ2) is 14.2. The van der Waals surface area contributed by atoms with Gasteiger partial charge in [-0.3, -0.25) is 4.79 Å². The number of carbonyl (C=O) groups is 1. The average Bonchev–Trinajstić information content (AvgIpc) is 2.90. The fourth-order valence-corrected chi connectivity index (χ4v) is 5.35. The maximum absolute atomic E-state index is 13.8. The molecule has 0 aromatic heterocycles. The van der Waals surface area contributed by atoms with Crippen LogP contribution in [0.15, 0.2) is 48.5 Å². The highest BCUT2D eigenvalue weighted by Crippen LogP contribution is 2.37. The minimum Gasteiger partial charge on any atom is -1.00 e. The third kappa shape index (κ3) is 7.12. The van der Waals surface area contributed by atoms with Crippen LogP contribution in [0.25, 0.3) is 0 Å². The van der Waals surface area contributed by atoms with Crippen LogP contribution in [0.3, 0.4) is 0 Å². The number of likely N-dealkylation sites (tertiary alicyclic amines) is 1. The molecule has 2 aliphatic rings. The van der Waals surface area contributed by atoms with Gasteiger partial charge in [0.15, 0.2) is 5.78 Å². The first-order valence-electron chi connectivity index (χ1n) is 12.3. The molecule has 0 amide bonds. The van der Waals surface area contributed by atoms with E-state index in [1.165, 1.54) is 4.90 Å². The lowest BCUT2D eigenvalue weighted by Crippen LogP contribution is -3.17. The number of benzene rings is 2. The number of halogens is 2. The number of rotatable bonds is 9. The second-order valence-corrected chi connectivity index (χ2v) is 9.48. The van der Waals surface area contributed by atoms with Gasteiger partial charge < -0.3 is 53.9 Å². The van der Waals surface area contributed by atoms with Crippen LogP contribution >= 0.6 is 0 Å². The molecule has 2 aromatic carbocycles. The normalized spacial score (nSPS) is 24.2. The molecule has 0 saturated carbocycles. The number of ketones is 1. The van der Waals surface area contributed by atoms with Crippen molar-refractivity contribution in [3.63, 3.8) is 0 Å². The van der Waals surface area contributed by atoms with Crippen molar-refractivity contribution in [1.29, 1.82) is 0 Å². The standard InChI is InChI=1S/C27H36N2O5.2ClH/c1-32-23-8-3-6-21(18-23)26(30)25-20-29(12-5-11-28-14-16-34-17-15-28)13-10-27(25,31)22-7-4-9-24(19-22)33-2;;/h3-4,6-9,18-19,25,31H,5,10-17,20H2,1-2H3;2*1H. The van der Waals surface area contributed by atoms with Crippen molar-refractivity contribution < 1.29 is 58.7 Å². The Morgan fingerprint density at radius 1 is 0.972 bits per heavy atom. The van der Waals surface area contributed by atoms with E-state index in [-0.39, 0.29) is 30.6 Å². The number of hydrogen-bond acceptors (Lipinski definition) is 5. The number of hydrogen-bond donors (Lipinski definition) is 3. The van der Waals surface area contributed by atoms with Gasteiger partial charge in [-0.05, 0) is 29.8 Å². The Bertz CT molecular complexity index is 973. The number of piperidine rings is 1. The summed E-state index contributed by atoms with van der Waals surface area (Å²) in [5.74, 6) is 0.734. The van der Waals surface area contributed by atoms with E-state index in [9.17, 15) is 9.90 Å². The molecule has 2 aliphatic heterocycles. The van der Waals surface area contributed by atoms with Crippen molar-refractivity contribution in [2.75, 3.05) is 66.7 Å². The Balaban J connectivity index is 0.00000228. The minimum atomic E-state index is -1.24. The van der Waals surface area contributed by atoms with Gasteiger partial charge in [0.25, 0.3) is 0 Å². The van der Waals surface area contributed by atoms with Gasteiger partial charge >= 0.3 is 0 Å². The van der Waals surface area contributed by atoms with Crippen molar-refractivity contribution in [3.8, 4) is 11.5 Å². The first kappa shape index (κ1) is 30.4. The lowest BCUT2D eigenvalue weighted by molar-refractivity contribution is -0.928. The fourth-order valence-electron chi connectivity index (χ4n) is 5.35. The zero-order chi connectivity index (χ0) is 24.0. The van der Waals surface area contributed by atoms with Crippen LogP contribution < -0.4 is 44.1 Å². The molecular formula is C27H38Cl2N2O5. The summed E-state index contributed by atoms with van der Waals surface area (Å²) in [5.41, 5.74) is 0.0720. The molecule has 4 rings (SSSR count). The Kier molecular flexibility index (Phi) is 11.9. The van der Waals surface area contributed by atoms with Crippen molar-refractivity contribution in [1.82, 2.24) is 0 Å². The van der Waals surface area contributed by atoms with Crippen LogP contribution in [-0.4, -0.2) is 77.6 Å². The van der Waals surface area contributed by atoms with Crippen molar-refractivity contribution in [2.24, 2.45) is 5.92 Å². The molecular weight excluding hydrogens is 503 g/mol. The SMILES string of the molecule is COc1cccc(C(=O)C2C[NH+](CCC[NH+]3CCOCC3)CCC2(O)c2cccc(OC)c2)c1.[Cl-].[Cl-]. The van der Waals surface area contributed by atoms with E-state index in [1.807, 2.05) is 42.5 Å². The van der Waals surface area contributed by atoms with E-state index in [1.54, 1.807) is 25.2 Å². The fraction of sp³-hybridized carbons (Fsp3) is 0.519. The van der Waals surface area contributed by atoms with Gasteiger partial charge in [-0.15, -0.1) is 0 Å². The number of ether oxygens (including phenoxy) is 3. The highest BCUT2D eigenvalue weighted by molar-refractivity contribution is 5.99. The van der Waals surface area contributed by atoms with Crippen LogP contribution in [-0.2, 0) is 10.3 Å². The molecule has 3 N–H and O–H groups in total. The van der Waals surface area contributed by atoms with E-state index >= 15 is 0 Å². The first-order chi connectivity index (χ1) is 16.5. The van der Waals surface area contributed by atoms with E-state index in [4.69, 9.17) is 14.2 Å². The highest BCUT2D eigenvalue weighted by Gasteiger charge is 2.49. The average molecular weight is 542 g/mol. The van der Waals surface area contributed by atoms with Gasteiger partial charge in [0.1, 0.15) is 36.1 Å². The summed E-state index contributed by atoms with van der Waals surface area (Å²) < 4.78 is 16.2. The Morgan fingerprint density at radius 2 is 1.61 bits per heavy atom. The number of aliphatic hydroxyl groups is 1. The number of carbonyl (C=O) groups excluding carboxylic acids is 1. The molecule has 7 nitrogen and oxygen atoms in total. The minimum absolute atomic E-state index is 0. The molecule has 200 valence electrons. The van der Waals surface area contributed by atoms with Gasteiger partial charge in [0, 0.05) is 18.4 Å². The predicted octanol–water partition coefficient (Wildman–Crippen LogP) is -6.01. The zero-order valence-corrected chi connectivity index (χ0v) is 22.6. The molecule has 2 saturated heterocycles. The summed E-state index contributed by atoms with van der Waals surface area (Å²) >= 11 is 0. The molecule has 0 aliphatic carbocycles. The Hall–Kier alpha value is -1.87. The molecule has 9 heteroatoms. The summed E-state index contributed by atoms with van der Waals surface area (Å²) in [6.07, 6.45) is 1.63. The molecule has 0 radical (unpaired) electrons. The summed E-state index contributed by atoms with van der Waals surface area (Å²) in [4.78, 5) is 16.8. The summed E-state index contributed by atoms with van der Waals surface area (Å²) in [5, 5.41) is 12.0. The number of morpholine rings is 1. The van der Waals surface area contributed by atoms with E-state index in [0.29, 0.717) is 30.0 Å². The quantitative estimate of drug-likeness (QED) is 0.276. The number of nitrogens with one attached hydrogen (secondary N) is 2. The summed E-state index contributed by atoms with van der Waals surface area (Å²) in [6, 6.07) is 14.7. The lowest BCUT2D eigenvalue weighted by atomic mass is 9.72. The second-order valence-electron chi connectivity index (χ2n) is 9.48. The number of methoxy groups -OCH3 is 2. The molecule has 2 aromatic rings. The molecule has 2 fully saturated rings. The van der Waals surface area contributed by atoms with E-state index in [2.05, 4.69) is 0 Å². The van der Waals surface area contributed by atoms with Gasteiger partial charge in [-0.25, -0.2) is 0 Å². The maximum Gasteiger partial charge on any atom is 0.174 e. The van der Waals surface area contributed by atoms with Crippen LogP contribution in [0.1, 0.15) is 28.8 Å². The van der Waals surface area contributed by atoms with Crippen molar-refractivity contribution >= 4 is 5.78 Å². The summed E-state index contributed by atoms with van der Waals surface area (Å²) in [6.45, 7) is 7.38. The molecule has 2 heterocycles. The third-order valence-electron chi connectivity index (χ3n) is 7.43. The van der Waals surface area contributed by atoms with Gasteiger partial charge in [0.05, 0.1) is 53.6 Å². The third-order valence-corrected chi connectivity index (χ3v) is 7.43. The topological polar surface area (TPSA) is 73.9 Å². The van der Waals surface area contributed by atoms with E-state index < -0.39 is 11.5 Å². The first-order valence-corrected chi connectivity index (χ1v) is 12.3.